The molecular formula is C20H18N2. The van der Waals surface area contributed by atoms with E-state index in [4.69, 9.17) is 0 Å². The lowest BCUT2D eigenvalue weighted by Gasteiger charge is -2.31. The molecule has 0 radical (unpaired) electrons. The Morgan fingerprint density at radius 1 is 0.864 bits per heavy atom. The van der Waals surface area contributed by atoms with E-state index in [1.165, 1.54) is 11.1 Å². The quantitative estimate of drug-likeness (QED) is 0.824. The fraction of sp³-hybridized carbons (Fsp3) is 0.300. The average Bonchev–Trinajstić information content (AvgIpc) is 3.01. The first kappa shape index (κ1) is 14.4. The Labute approximate surface area is 131 Å². The third-order valence-corrected chi connectivity index (χ3v) is 4.84. The molecule has 2 aromatic rings. The van der Waals surface area contributed by atoms with Gasteiger partial charge in [0.2, 0.25) is 0 Å². The van der Waals surface area contributed by atoms with E-state index in [1.54, 1.807) is 0 Å². The monoisotopic (exact) mass is 286 g/mol. The van der Waals surface area contributed by atoms with Gasteiger partial charge in [-0.1, -0.05) is 67.1 Å². The third kappa shape index (κ3) is 2.38. The van der Waals surface area contributed by atoms with Crippen LogP contribution in [0.15, 0.2) is 60.7 Å². The second kappa shape index (κ2) is 6.04. The molecule has 0 spiro atoms. The van der Waals surface area contributed by atoms with Crippen LogP contribution in [0.3, 0.4) is 0 Å². The van der Waals surface area contributed by atoms with Crippen LogP contribution >= 0.6 is 0 Å². The minimum atomic E-state index is -0.865. The van der Waals surface area contributed by atoms with Crippen LogP contribution in [0.5, 0.6) is 0 Å². The van der Waals surface area contributed by atoms with E-state index in [0.29, 0.717) is 6.42 Å². The van der Waals surface area contributed by atoms with Crippen LogP contribution in [-0.2, 0) is 0 Å². The second-order valence-electron chi connectivity index (χ2n) is 5.99. The maximum atomic E-state index is 9.66. The third-order valence-electron chi connectivity index (χ3n) is 4.84. The van der Waals surface area contributed by atoms with Crippen molar-refractivity contribution in [3.8, 4) is 12.1 Å². The summed E-state index contributed by atoms with van der Waals surface area (Å²) in [6, 6.07) is 25.2. The highest BCUT2D eigenvalue weighted by Crippen LogP contribution is 2.51. The van der Waals surface area contributed by atoms with Gasteiger partial charge in [0.1, 0.15) is 5.41 Å². The summed E-state index contributed by atoms with van der Waals surface area (Å²) in [5.41, 5.74) is 1.52. The van der Waals surface area contributed by atoms with Gasteiger partial charge in [-0.25, -0.2) is 0 Å². The first-order valence-electron chi connectivity index (χ1n) is 7.73. The Morgan fingerprint density at radius 2 is 1.36 bits per heavy atom. The lowest BCUT2D eigenvalue weighted by molar-refractivity contribution is 0.337. The van der Waals surface area contributed by atoms with Gasteiger partial charge in [-0.3, -0.25) is 0 Å². The lowest BCUT2D eigenvalue weighted by atomic mass is 9.69. The Kier molecular flexibility index (Phi) is 3.94. The Morgan fingerprint density at radius 3 is 1.82 bits per heavy atom. The highest BCUT2D eigenvalue weighted by Gasteiger charge is 2.48. The molecule has 22 heavy (non-hydrogen) atoms. The van der Waals surface area contributed by atoms with Crippen LogP contribution < -0.4 is 0 Å². The van der Waals surface area contributed by atoms with Gasteiger partial charge < -0.3 is 0 Å². The molecule has 1 fully saturated rings. The second-order valence-corrected chi connectivity index (χ2v) is 5.99. The van der Waals surface area contributed by atoms with Crippen molar-refractivity contribution in [2.45, 2.75) is 25.2 Å². The minimum Gasteiger partial charge on any atom is -0.197 e. The van der Waals surface area contributed by atoms with Gasteiger partial charge >= 0.3 is 0 Å². The van der Waals surface area contributed by atoms with Crippen LogP contribution in [0, 0.1) is 34.0 Å². The molecule has 0 amide bonds. The van der Waals surface area contributed by atoms with E-state index in [-0.39, 0.29) is 11.8 Å². The molecule has 1 atom stereocenters. The summed E-state index contributed by atoms with van der Waals surface area (Å²) in [7, 11) is 0. The molecule has 1 aliphatic rings. The van der Waals surface area contributed by atoms with Gasteiger partial charge in [-0.15, -0.1) is 0 Å². The fourth-order valence-electron chi connectivity index (χ4n) is 3.76. The van der Waals surface area contributed by atoms with Crippen LogP contribution in [-0.4, -0.2) is 0 Å². The zero-order valence-electron chi connectivity index (χ0n) is 12.4. The van der Waals surface area contributed by atoms with Crippen molar-refractivity contribution < 1.29 is 0 Å². The molecule has 0 bridgehead atoms. The van der Waals surface area contributed by atoms with Crippen LogP contribution in [0.2, 0.25) is 0 Å². The highest BCUT2D eigenvalue weighted by atomic mass is 14.5. The number of benzene rings is 2. The molecule has 0 heterocycles. The predicted molar refractivity (Wildman–Crippen MR) is 85.7 cm³/mol. The SMILES string of the molecule is N#CC1(C#N)CCCC1C(c1ccccc1)c1ccccc1. The zero-order chi connectivity index (χ0) is 15.4. The van der Waals surface area contributed by atoms with E-state index >= 15 is 0 Å². The topological polar surface area (TPSA) is 47.6 Å². The molecule has 3 rings (SSSR count). The van der Waals surface area contributed by atoms with Crippen molar-refractivity contribution in [3.05, 3.63) is 71.8 Å². The van der Waals surface area contributed by atoms with Gasteiger partial charge in [-0.2, -0.15) is 10.5 Å². The maximum Gasteiger partial charge on any atom is 0.147 e. The van der Waals surface area contributed by atoms with Crippen molar-refractivity contribution >= 4 is 0 Å². The molecule has 1 saturated carbocycles. The molecule has 2 heteroatoms. The van der Waals surface area contributed by atoms with Gasteiger partial charge in [0.25, 0.3) is 0 Å². The highest BCUT2D eigenvalue weighted by molar-refractivity contribution is 5.37. The molecule has 0 aromatic heterocycles. The van der Waals surface area contributed by atoms with Crippen molar-refractivity contribution in [2.75, 3.05) is 0 Å². The van der Waals surface area contributed by atoms with Gasteiger partial charge in [-0.05, 0) is 24.0 Å². The summed E-state index contributed by atoms with van der Waals surface area (Å²) < 4.78 is 0. The number of hydrogen-bond donors (Lipinski definition) is 0. The van der Waals surface area contributed by atoms with E-state index in [0.717, 1.165) is 12.8 Å². The normalized spacial score (nSPS) is 19.5. The molecule has 108 valence electrons. The molecule has 1 aliphatic carbocycles. The number of rotatable bonds is 3. The van der Waals surface area contributed by atoms with Crippen molar-refractivity contribution in [3.63, 3.8) is 0 Å². The number of hydrogen-bond acceptors (Lipinski definition) is 2. The molecule has 2 aromatic carbocycles. The van der Waals surface area contributed by atoms with Crippen LogP contribution in [0.4, 0.5) is 0 Å². The van der Waals surface area contributed by atoms with E-state index in [1.807, 2.05) is 36.4 Å². The van der Waals surface area contributed by atoms with E-state index in [9.17, 15) is 10.5 Å². The van der Waals surface area contributed by atoms with Crippen LogP contribution in [0.1, 0.15) is 36.3 Å². The van der Waals surface area contributed by atoms with Gasteiger partial charge in [0.15, 0.2) is 0 Å². The molecular weight excluding hydrogens is 268 g/mol. The van der Waals surface area contributed by atoms with Crippen LogP contribution in [0.25, 0.3) is 0 Å². The van der Waals surface area contributed by atoms with E-state index in [2.05, 4.69) is 36.4 Å². The van der Waals surface area contributed by atoms with Gasteiger partial charge in [0, 0.05) is 11.8 Å². The Balaban J connectivity index is 2.11. The van der Waals surface area contributed by atoms with E-state index < -0.39 is 5.41 Å². The standard InChI is InChI=1S/C20H18N2/c21-14-20(15-22)13-7-12-18(20)19(16-8-3-1-4-9-16)17-10-5-2-6-11-17/h1-6,8-11,18-19H,7,12-13H2. The minimum absolute atomic E-state index is 0.0484. The number of nitriles is 2. The molecule has 1 unspecified atom stereocenters. The predicted octanol–water partition coefficient (Wildman–Crippen LogP) is 4.65. The Hall–Kier alpha value is -2.58. The van der Waals surface area contributed by atoms with Crippen molar-refractivity contribution in [1.82, 2.24) is 0 Å². The average molecular weight is 286 g/mol. The molecule has 0 N–H and O–H groups in total. The Bertz CT molecular complexity index is 653. The summed E-state index contributed by atoms with van der Waals surface area (Å²) in [5.74, 6) is 0.150. The molecule has 0 aliphatic heterocycles. The first-order valence-corrected chi connectivity index (χ1v) is 7.73. The molecule has 2 nitrogen and oxygen atoms in total. The zero-order valence-corrected chi connectivity index (χ0v) is 12.4. The van der Waals surface area contributed by atoms with Gasteiger partial charge in [0.05, 0.1) is 12.1 Å². The molecule has 0 saturated heterocycles. The lowest BCUT2D eigenvalue weighted by Crippen LogP contribution is -2.28. The van der Waals surface area contributed by atoms with Crippen molar-refractivity contribution in [1.29, 1.82) is 10.5 Å². The van der Waals surface area contributed by atoms with Crippen molar-refractivity contribution in [2.24, 2.45) is 11.3 Å². The summed E-state index contributed by atoms with van der Waals surface area (Å²) in [4.78, 5) is 0. The largest absolute Gasteiger partial charge is 0.197 e. The summed E-state index contributed by atoms with van der Waals surface area (Å²) >= 11 is 0. The maximum absolute atomic E-state index is 9.66. The fourth-order valence-corrected chi connectivity index (χ4v) is 3.76. The first-order chi connectivity index (χ1) is 10.8. The smallest absolute Gasteiger partial charge is 0.147 e. The number of nitrogens with zero attached hydrogens (tertiary/aromatic N) is 2. The summed E-state index contributed by atoms with van der Waals surface area (Å²) in [5, 5.41) is 19.3. The summed E-state index contributed by atoms with van der Waals surface area (Å²) in [6.07, 6.45) is 2.55. The summed E-state index contributed by atoms with van der Waals surface area (Å²) in [6.45, 7) is 0.